The molecule has 23 heavy (non-hydrogen) atoms. The van der Waals surface area contributed by atoms with E-state index in [1.54, 1.807) is 0 Å². The third kappa shape index (κ3) is 4.93. The van der Waals surface area contributed by atoms with E-state index >= 15 is 0 Å². The summed E-state index contributed by atoms with van der Waals surface area (Å²) in [6.07, 6.45) is 5.65. The molecule has 0 spiro atoms. The van der Waals surface area contributed by atoms with Gasteiger partial charge in [0.15, 0.2) is 0 Å². The van der Waals surface area contributed by atoms with Crippen LogP contribution in [0.15, 0.2) is 40.9 Å². The maximum atomic E-state index is 12.6. The summed E-state index contributed by atoms with van der Waals surface area (Å²) >= 11 is 3.38. The van der Waals surface area contributed by atoms with Crippen molar-refractivity contribution < 1.29 is 14.3 Å². The molecular formula is C18H22BrNO3. The van der Waals surface area contributed by atoms with E-state index in [-0.39, 0.29) is 18.0 Å². The zero-order chi connectivity index (χ0) is 16.8. The van der Waals surface area contributed by atoms with Crippen molar-refractivity contribution in [2.45, 2.75) is 39.2 Å². The first-order chi connectivity index (χ1) is 11.0. The fourth-order valence-corrected chi connectivity index (χ4v) is 2.93. The Balaban J connectivity index is 2.07. The molecule has 1 N–H and O–H groups in total. The molecule has 5 heteroatoms. The number of anilines is 1. The zero-order valence-electron chi connectivity index (χ0n) is 13.4. The molecule has 3 atom stereocenters. The number of nitrogens with one attached hydrogen (secondary N) is 1. The highest BCUT2D eigenvalue weighted by Crippen LogP contribution is 2.29. The van der Waals surface area contributed by atoms with E-state index in [9.17, 15) is 9.59 Å². The minimum absolute atomic E-state index is 0.123. The summed E-state index contributed by atoms with van der Waals surface area (Å²) in [6, 6.07) is 7.41. The predicted octanol–water partition coefficient (Wildman–Crippen LogP) is 4.31. The molecule has 1 amide bonds. The number of esters is 1. The van der Waals surface area contributed by atoms with Gasteiger partial charge in [0, 0.05) is 10.2 Å². The molecule has 1 aliphatic rings. The van der Waals surface area contributed by atoms with Gasteiger partial charge in [0.2, 0.25) is 5.91 Å². The molecule has 0 aliphatic heterocycles. The highest BCUT2D eigenvalue weighted by molar-refractivity contribution is 9.10. The largest absolute Gasteiger partial charge is 0.462 e. The van der Waals surface area contributed by atoms with E-state index in [2.05, 4.69) is 21.2 Å². The quantitative estimate of drug-likeness (QED) is 0.612. The van der Waals surface area contributed by atoms with E-state index in [1.807, 2.05) is 50.3 Å². The summed E-state index contributed by atoms with van der Waals surface area (Å²) in [5.41, 5.74) is 0.716. The Morgan fingerprint density at radius 2 is 2.00 bits per heavy atom. The number of hydrogen-bond acceptors (Lipinski definition) is 3. The number of ether oxygens (including phenoxy) is 1. The second kappa shape index (κ2) is 8.29. The fraction of sp³-hybridized carbons (Fsp3) is 0.444. The molecule has 4 nitrogen and oxygen atoms in total. The van der Waals surface area contributed by atoms with Gasteiger partial charge >= 0.3 is 5.97 Å². The van der Waals surface area contributed by atoms with Gasteiger partial charge in [-0.05, 0) is 44.4 Å². The normalized spacial score (nSPS) is 21.5. The molecule has 1 aromatic rings. The first kappa shape index (κ1) is 17.7. The van der Waals surface area contributed by atoms with Gasteiger partial charge < -0.3 is 10.1 Å². The Morgan fingerprint density at radius 1 is 1.30 bits per heavy atom. The van der Waals surface area contributed by atoms with Crippen LogP contribution >= 0.6 is 15.9 Å². The maximum absolute atomic E-state index is 12.6. The number of carbonyl (C=O) groups is 2. The van der Waals surface area contributed by atoms with Crippen molar-refractivity contribution in [1.82, 2.24) is 0 Å². The molecule has 124 valence electrons. The van der Waals surface area contributed by atoms with E-state index in [4.69, 9.17) is 4.74 Å². The number of benzene rings is 1. The summed E-state index contributed by atoms with van der Waals surface area (Å²) in [5, 5.41) is 2.89. The van der Waals surface area contributed by atoms with Gasteiger partial charge in [0.1, 0.15) is 0 Å². The average molecular weight is 380 g/mol. The molecule has 1 aromatic carbocycles. The van der Waals surface area contributed by atoms with Crippen molar-refractivity contribution in [2.75, 3.05) is 5.32 Å². The highest BCUT2D eigenvalue weighted by atomic mass is 79.9. The van der Waals surface area contributed by atoms with Gasteiger partial charge in [-0.1, -0.05) is 41.1 Å². The smallest absolute Gasteiger partial charge is 0.310 e. The third-order valence-electron chi connectivity index (χ3n) is 4.06. The first-order valence-corrected chi connectivity index (χ1v) is 8.72. The number of amides is 1. The Hall–Kier alpha value is -1.62. The molecule has 2 rings (SSSR count). The van der Waals surface area contributed by atoms with Crippen molar-refractivity contribution in [3.05, 3.63) is 40.9 Å². The van der Waals surface area contributed by atoms with Crippen LogP contribution in [0.2, 0.25) is 0 Å². The lowest BCUT2D eigenvalue weighted by molar-refractivity contribution is -0.157. The Kier molecular flexibility index (Phi) is 6.39. The highest BCUT2D eigenvalue weighted by Gasteiger charge is 2.35. The standard InChI is InChI=1S/C18H22BrNO3/c1-3-12(2)23-18(22)16-10-5-4-9-15(16)17(21)20-14-8-6-7-13(19)11-14/h4-8,11-12,15-16H,3,9-10H2,1-2H3,(H,20,21)/t12-,15-,16-/m0/s1. The second-order valence-corrected chi connectivity index (χ2v) is 6.73. The van der Waals surface area contributed by atoms with Crippen LogP contribution in [0, 0.1) is 11.8 Å². The Morgan fingerprint density at radius 3 is 2.65 bits per heavy atom. The Labute approximate surface area is 145 Å². The molecule has 1 aliphatic carbocycles. The molecule has 0 radical (unpaired) electrons. The third-order valence-corrected chi connectivity index (χ3v) is 4.55. The lowest BCUT2D eigenvalue weighted by Gasteiger charge is -2.27. The molecule has 0 fully saturated rings. The van der Waals surface area contributed by atoms with Gasteiger partial charge in [-0.15, -0.1) is 0 Å². The average Bonchev–Trinajstić information content (AvgIpc) is 2.54. The van der Waals surface area contributed by atoms with Crippen molar-refractivity contribution >= 4 is 33.5 Å². The van der Waals surface area contributed by atoms with Crippen LogP contribution in [0.1, 0.15) is 33.1 Å². The van der Waals surface area contributed by atoms with E-state index in [1.165, 1.54) is 0 Å². The molecule has 0 saturated carbocycles. The summed E-state index contributed by atoms with van der Waals surface area (Å²) < 4.78 is 6.32. The predicted molar refractivity (Wildman–Crippen MR) is 94.0 cm³/mol. The summed E-state index contributed by atoms with van der Waals surface area (Å²) in [6.45, 7) is 3.84. The van der Waals surface area contributed by atoms with E-state index in [0.717, 1.165) is 10.9 Å². The monoisotopic (exact) mass is 379 g/mol. The molecule has 0 bridgehead atoms. The lowest BCUT2D eigenvalue weighted by Crippen LogP contribution is -2.36. The SMILES string of the molecule is CC[C@H](C)OC(=O)[C@H]1CC=CC[C@@H]1C(=O)Nc1cccc(Br)c1. The van der Waals surface area contributed by atoms with Gasteiger partial charge in [-0.25, -0.2) is 0 Å². The van der Waals surface area contributed by atoms with Crippen molar-refractivity contribution in [3.63, 3.8) is 0 Å². The molecule has 0 saturated heterocycles. The fourth-order valence-electron chi connectivity index (χ4n) is 2.53. The number of carbonyl (C=O) groups excluding carboxylic acids is 2. The van der Waals surface area contributed by atoms with E-state index < -0.39 is 11.8 Å². The second-order valence-electron chi connectivity index (χ2n) is 5.81. The maximum Gasteiger partial charge on any atom is 0.310 e. The summed E-state index contributed by atoms with van der Waals surface area (Å²) in [5.74, 6) is -1.23. The van der Waals surface area contributed by atoms with Crippen LogP contribution in [0.4, 0.5) is 5.69 Å². The Bertz CT molecular complexity index is 600. The lowest BCUT2D eigenvalue weighted by atomic mass is 9.82. The number of halogens is 1. The van der Waals surface area contributed by atoms with Gasteiger partial charge in [-0.2, -0.15) is 0 Å². The van der Waals surface area contributed by atoms with Crippen LogP contribution in [-0.2, 0) is 14.3 Å². The molecule has 0 heterocycles. The zero-order valence-corrected chi connectivity index (χ0v) is 15.0. The van der Waals surface area contributed by atoms with Crippen LogP contribution in [0.5, 0.6) is 0 Å². The van der Waals surface area contributed by atoms with Gasteiger partial charge in [-0.3, -0.25) is 9.59 Å². The topological polar surface area (TPSA) is 55.4 Å². The molecular weight excluding hydrogens is 358 g/mol. The van der Waals surface area contributed by atoms with Crippen LogP contribution < -0.4 is 5.32 Å². The van der Waals surface area contributed by atoms with Crippen molar-refractivity contribution in [3.8, 4) is 0 Å². The first-order valence-electron chi connectivity index (χ1n) is 7.93. The van der Waals surface area contributed by atoms with Gasteiger partial charge in [0.25, 0.3) is 0 Å². The summed E-state index contributed by atoms with van der Waals surface area (Å²) in [4.78, 5) is 24.9. The molecule has 0 aromatic heterocycles. The van der Waals surface area contributed by atoms with Crippen LogP contribution in [0.3, 0.4) is 0 Å². The van der Waals surface area contributed by atoms with Crippen molar-refractivity contribution in [1.29, 1.82) is 0 Å². The minimum Gasteiger partial charge on any atom is -0.462 e. The van der Waals surface area contributed by atoms with Gasteiger partial charge in [0.05, 0.1) is 17.9 Å². The van der Waals surface area contributed by atoms with Crippen LogP contribution in [-0.4, -0.2) is 18.0 Å². The number of allylic oxidation sites excluding steroid dienone is 2. The number of rotatable bonds is 5. The molecule has 0 unspecified atom stereocenters. The summed E-state index contributed by atoms with van der Waals surface area (Å²) in [7, 11) is 0. The van der Waals surface area contributed by atoms with E-state index in [0.29, 0.717) is 18.5 Å². The number of hydrogen-bond donors (Lipinski definition) is 1. The van der Waals surface area contributed by atoms with Crippen molar-refractivity contribution in [2.24, 2.45) is 11.8 Å². The van der Waals surface area contributed by atoms with Crippen LogP contribution in [0.25, 0.3) is 0 Å². The minimum atomic E-state index is -0.416.